The highest BCUT2D eigenvalue weighted by atomic mass is 16.5. The van der Waals surface area contributed by atoms with Crippen LogP contribution in [0, 0.1) is 0 Å². The van der Waals surface area contributed by atoms with E-state index in [0.29, 0.717) is 12.1 Å². The highest BCUT2D eigenvalue weighted by Crippen LogP contribution is 2.17. The molecule has 1 amide bonds. The number of rotatable bonds is 5. The van der Waals surface area contributed by atoms with Crippen LogP contribution < -0.4 is 10.6 Å². The molecule has 2 N–H and O–H groups in total. The number of nitrogens with one attached hydrogen (secondary N) is 2. The Balaban J connectivity index is 1.84. The van der Waals surface area contributed by atoms with E-state index in [1.807, 2.05) is 0 Å². The van der Waals surface area contributed by atoms with Crippen LogP contribution in [0.2, 0.25) is 0 Å². The summed E-state index contributed by atoms with van der Waals surface area (Å²) in [4.78, 5) is 20.7. The summed E-state index contributed by atoms with van der Waals surface area (Å²) in [5.74, 6) is 0.903. The van der Waals surface area contributed by atoms with Crippen molar-refractivity contribution in [1.82, 2.24) is 20.4 Å². The minimum atomic E-state index is -0.226. The number of nitrogens with zero attached hydrogens (tertiary/aromatic N) is 3. The molecule has 2 heterocycles. The lowest BCUT2D eigenvalue weighted by atomic mass is 10.0. The van der Waals surface area contributed by atoms with Crippen molar-refractivity contribution in [2.24, 2.45) is 4.99 Å². The highest BCUT2D eigenvalue weighted by molar-refractivity contribution is 5.80. The van der Waals surface area contributed by atoms with Gasteiger partial charge >= 0.3 is 6.09 Å². The van der Waals surface area contributed by atoms with E-state index in [-0.39, 0.29) is 6.09 Å². The third-order valence-corrected chi connectivity index (χ3v) is 5.23. The van der Waals surface area contributed by atoms with Crippen LogP contribution in [0.1, 0.15) is 46.0 Å². The van der Waals surface area contributed by atoms with E-state index in [0.717, 1.165) is 51.5 Å². The molecule has 25 heavy (non-hydrogen) atoms. The average molecular weight is 354 g/mol. The molecule has 0 aromatic carbocycles. The summed E-state index contributed by atoms with van der Waals surface area (Å²) < 4.78 is 4.80. The largest absolute Gasteiger partial charge is 0.453 e. The third-order valence-electron chi connectivity index (χ3n) is 5.23. The predicted molar refractivity (Wildman–Crippen MR) is 101 cm³/mol. The van der Waals surface area contributed by atoms with Gasteiger partial charge in [0.2, 0.25) is 0 Å². The van der Waals surface area contributed by atoms with Gasteiger partial charge in [0, 0.05) is 31.7 Å². The molecule has 0 spiro atoms. The van der Waals surface area contributed by atoms with E-state index < -0.39 is 0 Å². The van der Waals surface area contributed by atoms with Crippen LogP contribution >= 0.6 is 0 Å². The van der Waals surface area contributed by atoms with Crippen molar-refractivity contribution in [3.63, 3.8) is 0 Å². The SMILES string of the molecule is CCNC(=NCC1CCCCN1CC)NC1CCN(C(=O)OC)CC1. The summed E-state index contributed by atoms with van der Waals surface area (Å²) in [5, 5.41) is 6.91. The number of hydrogen-bond donors (Lipinski definition) is 2. The lowest BCUT2D eigenvalue weighted by Crippen LogP contribution is -2.50. The summed E-state index contributed by atoms with van der Waals surface area (Å²) in [6.07, 6.45) is 5.48. The molecule has 144 valence electrons. The van der Waals surface area contributed by atoms with Gasteiger partial charge in [-0.15, -0.1) is 0 Å². The van der Waals surface area contributed by atoms with Crippen LogP contribution in [0.5, 0.6) is 0 Å². The number of likely N-dealkylation sites (tertiary alicyclic amines) is 2. The van der Waals surface area contributed by atoms with Crippen molar-refractivity contribution in [1.29, 1.82) is 0 Å². The van der Waals surface area contributed by atoms with Crippen LogP contribution in [0.15, 0.2) is 4.99 Å². The quantitative estimate of drug-likeness (QED) is 0.581. The van der Waals surface area contributed by atoms with Gasteiger partial charge in [-0.2, -0.15) is 0 Å². The van der Waals surface area contributed by atoms with Gasteiger partial charge in [0.1, 0.15) is 0 Å². The van der Waals surface area contributed by atoms with Crippen molar-refractivity contribution >= 4 is 12.1 Å². The Bertz CT molecular complexity index is 435. The normalized spacial score (nSPS) is 23.4. The summed E-state index contributed by atoms with van der Waals surface area (Å²) in [6, 6.07) is 0.919. The monoisotopic (exact) mass is 353 g/mol. The first-order chi connectivity index (χ1) is 12.2. The molecule has 0 aromatic rings. The smallest absolute Gasteiger partial charge is 0.409 e. The molecule has 0 bridgehead atoms. The zero-order chi connectivity index (χ0) is 18.1. The second-order valence-electron chi connectivity index (χ2n) is 6.87. The van der Waals surface area contributed by atoms with E-state index in [1.165, 1.54) is 32.9 Å². The fourth-order valence-electron chi connectivity index (χ4n) is 3.73. The van der Waals surface area contributed by atoms with Gasteiger partial charge in [-0.3, -0.25) is 9.89 Å². The van der Waals surface area contributed by atoms with Gasteiger partial charge in [-0.25, -0.2) is 4.79 Å². The third kappa shape index (κ3) is 6.06. The van der Waals surface area contributed by atoms with E-state index in [2.05, 4.69) is 29.4 Å². The van der Waals surface area contributed by atoms with Crippen LogP contribution in [-0.2, 0) is 4.74 Å². The lowest BCUT2D eigenvalue weighted by Gasteiger charge is -2.34. The van der Waals surface area contributed by atoms with Gasteiger partial charge in [-0.05, 0) is 45.7 Å². The van der Waals surface area contributed by atoms with E-state index in [4.69, 9.17) is 9.73 Å². The second kappa shape index (κ2) is 10.5. The molecule has 0 aromatic heterocycles. The Labute approximate surface area is 152 Å². The molecule has 2 aliphatic heterocycles. The van der Waals surface area contributed by atoms with Crippen molar-refractivity contribution in [3.05, 3.63) is 0 Å². The molecule has 0 saturated carbocycles. The Morgan fingerprint density at radius 3 is 2.56 bits per heavy atom. The van der Waals surface area contributed by atoms with Crippen molar-refractivity contribution in [2.75, 3.05) is 46.4 Å². The van der Waals surface area contributed by atoms with Gasteiger partial charge < -0.3 is 20.3 Å². The molecule has 1 unspecified atom stereocenters. The number of amides is 1. The number of likely N-dealkylation sites (N-methyl/N-ethyl adjacent to an activating group) is 1. The van der Waals surface area contributed by atoms with Crippen molar-refractivity contribution in [2.45, 2.75) is 58.0 Å². The van der Waals surface area contributed by atoms with Crippen molar-refractivity contribution < 1.29 is 9.53 Å². The minimum absolute atomic E-state index is 0.226. The summed E-state index contributed by atoms with van der Waals surface area (Å²) in [6.45, 7) is 9.81. The molecule has 2 aliphatic rings. The fourth-order valence-corrected chi connectivity index (χ4v) is 3.73. The topological polar surface area (TPSA) is 69.2 Å². The number of aliphatic imine (C=N–C) groups is 1. The maximum atomic E-state index is 11.6. The van der Waals surface area contributed by atoms with E-state index in [9.17, 15) is 4.79 Å². The summed E-state index contributed by atoms with van der Waals surface area (Å²) in [7, 11) is 1.44. The first kappa shape index (κ1) is 19.8. The standard InChI is InChI=1S/C18H35N5O2/c1-4-19-17(20-14-16-8-6-7-11-22(16)5-2)21-15-9-12-23(13-10-15)18(24)25-3/h15-16H,4-14H2,1-3H3,(H2,19,20,21). The molecule has 7 nitrogen and oxygen atoms in total. The Morgan fingerprint density at radius 2 is 1.92 bits per heavy atom. The first-order valence-electron chi connectivity index (χ1n) is 9.79. The van der Waals surface area contributed by atoms with Gasteiger partial charge in [0.05, 0.1) is 13.7 Å². The van der Waals surface area contributed by atoms with E-state index in [1.54, 1.807) is 4.90 Å². The Morgan fingerprint density at radius 1 is 1.16 bits per heavy atom. The van der Waals surface area contributed by atoms with Crippen LogP contribution in [-0.4, -0.2) is 80.3 Å². The molecular formula is C18H35N5O2. The van der Waals surface area contributed by atoms with Crippen LogP contribution in [0.3, 0.4) is 0 Å². The summed E-state index contributed by atoms with van der Waals surface area (Å²) >= 11 is 0. The molecule has 1 atom stereocenters. The number of carbonyl (C=O) groups excluding carboxylic acids is 1. The maximum Gasteiger partial charge on any atom is 0.409 e. The van der Waals surface area contributed by atoms with Gasteiger partial charge in [0.15, 0.2) is 5.96 Å². The maximum absolute atomic E-state index is 11.6. The first-order valence-corrected chi connectivity index (χ1v) is 9.79. The predicted octanol–water partition coefficient (Wildman–Crippen LogP) is 1.65. The number of ether oxygens (including phenoxy) is 1. The van der Waals surface area contributed by atoms with E-state index >= 15 is 0 Å². The molecule has 2 rings (SSSR count). The Kier molecular flexibility index (Phi) is 8.31. The number of carbonyl (C=O) groups is 1. The second-order valence-corrected chi connectivity index (χ2v) is 6.87. The molecular weight excluding hydrogens is 318 g/mol. The zero-order valence-electron chi connectivity index (χ0n) is 16.1. The average Bonchev–Trinajstić information content (AvgIpc) is 2.66. The molecule has 0 aliphatic carbocycles. The Hall–Kier alpha value is -1.50. The van der Waals surface area contributed by atoms with Crippen LogP contribution in [0.25, 0.3) is 0 Å². The molecule has 2 saturated heterocycles. The number of piperidine rings is 2. The lowest BCUT2D eigenvalue weighted by molar-refractivity contribution is 0.111. The zero-order valence-corrected chi connectivity index (χ0v) is 16.1. The summed E-state index contributed by atoms with van der Waals surface area (Å²) in [5.41, 5.74) is 0. The van der Waals surface area contributed by atoms with Gasteiger partial charge in [-0.1, -0.05) is 13.3 Å². The van der Waals surface area contributed by atoms with Gasteiger partial charge in [0.25, 0.3) is 0 Å². The molecule has 7 heteroatoms. The van der Waals surface area contributed by atoms with Crippen LogP contribution in [0.4, 0.5) is 4.79 Å². The highest BCUT2D eigenvalue weighted by Gasteiger charge is 2.24. The molecule has 2 fully saturated rings. The fraction of sp³-hybridized carbons (Fsp3) is 0.889. The van der Waals surface area contributed by atoms with Crippen molar-refractivity contribution in [3.8, 4) is 0 Å². The number of guanidine groups is 1. The molecule has 0 radical (unpaired) electrons. The minimum Gasteiger partial charge on any atom is -0.453 e. The number of methoxy groups -OCH3 is 1. The number of hydrogen-bond acceptors (Lipinski definition) is 4.